The standard InChI is InChI=1S/C17H16BrClF3N5O/c18-14-11(9-3-4-17(21,22)6-10(9)23)12(20)13-15(25-16(19)26-27(13)14)24-7-8-2-1-5-28-8/h1-2,5,9-10H,3-4,6-7,23H2,(H,24,25,26)/t9-,10-/m0/s1. The minimum atomic E-state index is -2.84. The number of halogens is 5. The van der Waals surface area contributed by atoms with Crippen LogP contribution in [0.2, 0.25) is 5.28 Å². The van der Waals surface area contributed by atoms with Crippen LogP contribution in [-0.2, 0) is 6.54 Å². The predicted octanol–water partition coefficient (Wildman–Crippen LogP) is 4.72. The fourth-order valence-corrected chi connectivity index (χ4v) is 4.51. The average molecular weight is 479 g/mol. The fraction of sp³-hybridized carbons (Fsp3) is 0.412. The molecule has 3 N–H and O–H groups in total. The molecule has 28 heavy (non-hydrogen) atoms. The Bertz CT molecular complexity index is 1010. The number of rotatable bonds is 4. The van der Waals surface area contributed by atoms with Crippen molar-refractivity contribution in [2.75, 3.05) is 5.32 Å². The van der Waals surface area contributed by atoms with Gasteiger partial charge in [-0.25, -0.2) is 17.7 Å². The van der Waals surface area contributed by atoms with E-state index in [9.17, 15) is 8.78 Å². The molecule has 1 aliphatic rings. The molecule has 3 aromatic rings. The van der Waals surface area contributed by atoms with Crippen LogP contribution >= 0.6 is 27.5 Å². The molecule has 0 aromatic carbocycles. The summed E-state index contributed by atoms with van der Waals surface area (Å²) in [5.41, 5.74) is 6.24. The summed E-state index contributed by atoms with van der Waals surface area (Å²) < 4.78 is 49.5. The number of anilines is 1. The molecular weight excluding hydrogens is 463 g/mol. The summed E-state index contributed by atoms with van der Waals surface area (Å²) in [6, 6.07) is 2.60. The molecule has 0 aliphatic heterocycles. The molecule has 0 radical (unpaired) electrons. The molecule has 0 saturated heterocycles. The number of hydrogen-bond donors (Lipinski definition) is 2. The normalized spacial score (nSPS) is 21.9. The van der Waals surface area contributed by atoms with Crippen molar-refractivity contribution < 1.29 is 17.6 Å². The van der Waals surface area contributed by atoms with Gasteiger partial charge in [0.1, 0.15) is 15.9 Å². The Morgan fingerprint density at radius 1 is 1.46 bits per heavy atom. The molecule has 0 amide bonds. The van der Waals surface area contributed by atoms with E-state index < -0.39 is 30.1 Å². The summed E-state index contributed by atoms with van der Waals surface area (Å²) >= 11 is 9.33. The first-order valence-electron chi connectivity index (χ1n) is 8.59. The Balaban J connectivity index is 1.76. The highest BCUT2D eigenvalue weighted by Crippen LogP contribution is 2.45. The molecule has 0 bridgehead atoms. The molecule has 2 atom stereocenters. The molecule has 150 valence electrons. The van der Waals surface area contributed by atoms with Crippen molar-refractivity contribution in [3.05, 3.63) is 45.4 Å². The van der Waals surface area contributed by atoms with Gasteiger partial charge in [-0.3, -0.25) is 0 Å². The fourth-order valence-electron chi connectivity index (χ4n) is 3.62. The third-order valence-electron chi connectivity index (χ3n) is 4.93. The third kappa shape index (κ3) is 3.48. The van der Waals surface area contributed by atoms with Crippen molar-refractivity contribution in [3.8, 4) is 0 Å². The summed E-state index contributed by atoms with van der Waals surface area (Å²) in [5, 5.41) is 6.92. The van der Waals surface area contributed by atoms with Crippen molar-refractivity contribution in [1.82, 2.24) is 14.6 Å². The summed E-state index contributed by atoms with van der Waals surface area (Å²) in [5.74, 6) is -3.24. The number of nitrogens with one attached hydrogen (secondary N) is 1. The van der Waals surface area contributed by atoms with Gasteiger partial charge in [0.05, 0.1) is 12.8 Å². The van der Waals surface area contributed by atoms with Crippen LogP contribution in [0.3, 0.4) is 0 Å². The minimum Gasteiger partial charge on any atom is -0.467 e. The van der Waals surface area contributed by atoms with Crippen LogP contribution in [0.25, 0.3) is 5.52 Å². The van der Waals surface area contributed by atoms with Gasteiger partial charge in [-0.2, -0.15) is 4.98 Å². The van der Waals surface area contributed by atoms with Crippen LogP contribution in [0, 0.1) is 5.82 Å². The maximum Gasteiger partial charge on any atom is 0.249 e. The first kappa shape index (κ1) is 19.5. The molecule has 3 heterocycles. The maximum atomic E-state index is 15.4. The second kappa shape index (κ2) is 7.23. The Labute approximate surface area is 171 Å². The van der Waals surface area contributed by atoms with Crippen LogP contribution in [0.5, 0.6) is 0 Å². The quantitative estimate of drug-likeness (QED) is 0.567. The first-order chi connectivity index (χ1) is 13.3. The predicted molar refractivity (Wildman–Crippen MR) is 101 cm³/mol. The van der Waals surface area contributed by atoms with Crippen LogP contribution in [0.15, 0.2) is 27.4 Å². The van der Waals surface area contributed by atoms with Gasteiger partial charge in [-0.15, -0.1) is 5.10 Å². The van der Waals surface area contributed by atoms with E-state index in [4.69, 9.17) is 21.8 Å². The van der Waals surface area contributed by atoms with Crippen LogP contribution < -0.4 is 11.1 Å². The van der Waals surface area contributed by atoms with E-state index in [0.717, 1.165) is 0 Å². The van der Waals surface area contributed by atoms with E-state index >= 15 is 4.39 Å². The zero-order chi connectivity index (χ0) is 20.1. The van der Waals surface area contributed by atoms with E-state index in [-0.39, 0.29) is 46.2 Å². The van der Waals surface area contributed by atoms with Gasteiger partial charge < -0.3 is 15.5 Å². The minimum absolute atomic E-state index is 0.0577. The molecular formula is C17H16BrClF3N5O. The molecule has 11 heteroatoms. The lowest BCUT2D eigenvalue weighted by atomic mass is 9.79. The van der Waals surface area contributed by atoms with Crippen molar-refractivity contribution >= 4 is 38.9 Å². The van der Waals surface area contributed by atoms with Crippen LogP contribution in [0.1, 0.15) is 36.5 Å². The van der Waals surface area contributed by atoms with Crippen molar-refractivity contribution in [1.29, 1.82) is 0 Å². The lowest BCUT2D eigenvalue weighted by molar-refractivity contribution is -0.0449. The van der Waals surface area contributed by atoms with Gasteiger partial charge in [0.25, 0.3) is 0 Å². The van der Waals surface area contributed by atoms with Gasteiger partial charge >= 0.3 is 0 Å². The summed E-state index contributed by atoms with van der Waals surface area (Å²) in [4.78, 5) is 4.07. The average Bonchev–Trinajstić information content (AvgIpc) is 3.21. The maximum absolute atomic E-state index is 15.4. The van der Waals surface area contributed by atoms with Crippen molar-refractivity contribution in [2.24, 2.45) is 5.73 Å². The van der Waals surface area contributed by atoms with Crippen LogP contribution in [0.4, 0.5) is 19.0 Å². The monoisotopic (exact) mass is 477 g/mol. The molecule has 4 rings (SSSR count). The van der Waals surface area contributed by atoms with Gasteiger partial charge in [0, 0.05) is 30.4 Å². The number of nitrogens with zero attached hydrogens (tertiary/aromatic N) is 3. The Kier molecular flexibility index (Phi) is 5.05. The number of alkyl halides is 2. The van der Waals surface area contributed by atoms with Crippen LogP contribution in [-0.4, -0.2) is 26.6 Å². The number of nitrogens with two attached hydrogens (primary N) is 1. The molecule has 0 spiro atoms. The van der Waals surface area contributed by atoms with Gasteiger partial charge in [0.15, 0.2) is 11.6 Å². The zero-order valence-electron chi connectivity index (χ0n) is 14.4. The highest BCUT2D eigenvalue weighted by Gasteiger charge is 2.43. The SMILES string of the molecule is N[C@H]1CC(F)(F)CC[C@@H]1c1c(F)c2c(NCc3ccco3)nc(Cl)nn2c1Br. The van der Waals surface area contributed by atoms with Gasteiger partial charge in [-0.1, -0.05) is 0 Å². The number of fused-ring (bicyclic) bond motifs is 1. The largest absolute Gasteiger partial charge is 0.467 e. The summed E-state index contributed by atoms with van der Waals surface area (Å²) in [6.45, 7) is 0.253. The number of furan rings is 1. The van der Waals surface area contributed by atoms with E-state index in [1.165, 1.54) is 10.8 Å². The highest BCUT2D eigenvalue weighted by atomic mass is 79.9. The molecule has 1 fully saturated rings. The smallest absolute Gasteiger partial charge is 0.249 e. The highest BCUT2D eigenvalue weighted by molar-refractivity contribution is 9.10. The summed E-state index contributed by atoms with van der Waals surface area (Å²) in [7, 11) is 0. The van der Waals surface area contributed by atoms with Gasteiger partial charge in [0.2, 0.25) is 11.2 Å². The number of aromatic nitrogens is 3. The Hall–Kier alpha value is -1.78. The molecule has 0 unspecified atom stereocenters. The lowest BCUT2D eigenvalue weighted by Crippen LogP contribution is -2.40. The lowest BCUT2D eigenvalue weighted by Gasteiger charge is -2.33. The number of hydrogen-bond acceptors (Lipinski definition) is 5. The van der Waals surface area contributed by atoms with E-state index in [2.05, 4.69) is 31.3 Å². The first-order valence-corrected chi connectivity index (χ1v) is 9.77. The second-order valence-corrected chi connectivity index (χ2v) is 7.90. The van der Waals surface area contributed by atoms with E-state index in [1.807, 2.05) is 0 Å². The molecule has 3 aromatic heterocycles. The van der Waals surface area contributed by atoms with Crippen molar-refractivity contribution in [2.45, 2.75) is 43.7 Å². The topological polar surface area (TPSA) is 81.4 Å². The Morgan fingerprint density at radius 3 is 2.93 bits per heavy atom. The van der Waals surface area contributed by atoms with Gasteiger partial charge in [-0.05, 0) is 46.1 Å². The van der Waals surface area contributed by atoms with E-state index in [1.54, 1.807) is 12.1 Å². The zero-order valence-corrected chi connectivity index (χ0v) is 16.8. The van der Waals surface area contributed by atoms with Crippen molar-refractivity contribution in [3.63, 3.8) is 0 Å². The molecule has 1 saturated carbocycles. The van der Waals surface area contributed by atoms with E-state index in [0.29, 0.717) is 5.76 Å². The Morgan fingerprint density at radius 2 is 2.25 bits per heavy atom. The third-order valence-corrected chi connectivity index (χ3v) is 5.85. The molecule has 6 nitrogen and oxygen atoms in total. The summed E-state index contributed by atoms with van der Waals surface area (Å²) in [6.07, 6.45) is 0.745. The molecule has 1 aliphatic carbocycles. The second-order valence-electron chi connectivity index (χ2n) is 6.81.